The minimum absolute atomic E-state index is 0.529. The third-order valence-corrected chi connectivity index (χ3v) is 6.53. The molecule has 0 aromatic heterocycles. The second kappa shape index (κ2) is 14.3. The van der Waals surface area contributed by atoms with Crippen LogP contribution in [-0.2, 0) is 23.2 Å². The van der Waals surface area contributed by atoms with Crippen molar-refractivity contribution in [2.75, 3.05) is 0 Å². The van der Waals surface area contributed by atoms with Crippen LogP contribution in [0, 0.1) is 0 Å². The molecule has 0 aliphatic heterocycles. The third-order valence-electron chi connectivity index (χ3n) is 2.90. The number of unbranched alkanes of at least 4 members (excludes halogenated alkanes) is 2. The monoisotopic (exact) mass is 336 g/mol. The van der Waals surface area contributed by atoms with Crippen LogP contribution in [0.5, 0.6) is 0 Å². The Morgan fingerprint density at radius 3 is 1.53 bits per heavy atom. The Morgan fingerprint density at radius 1 is 0.789 bits per heavy atom. The van der Waals surface area contributed by atoms with Crippen molar-refractivity contribution in [1.82, 2.24) is 0 Å². The molecule has 0 nitrogen and oxygen atoms in total. The fraction of sp³-hybridized carbons (Fsp3) is 0.556. The van der Waals surface area contributed by atoms with Gasteiger partial charge in [-0.1, -0.05) is 0 Å². The van der Waals surface area contributed by atoms with Crippen LogP contribution in [0.2, 0.25) is 0 Å². The standard InChI is InChI=1S/2C9H15.Zr/c2*1-3-5-7-9-8-6-4-2;/h2*3,5,7H,4,6,8H2,1-2H3;. The van der Waals surface area contributed by atoms with E-state index in [1.54, 1.807) is 6.56 Å². The van der Waals surface area contributed by atoms with Crippen molar-refractivity contribution < 1.29 is 23.2 Å². The zero-order valence-corrected chi connectivity index (χ0v) is 15.7. The van der Waals surface area contributed by atoms with Crippen molar-refractivity contribution >= 4 is 0 Å². The zero-order chi connectivity index (χ0) is 14.3. The molecule has 0 rings (SSSR count). The van der Waals surface area contributed by atoms with Crippen molar-refractivity contribution in [2.45, 2.75) is 66.2 Å². The summed E-state index contributed by atoms with van der Waals surface area (Å²) < 4.78 is 3.49. The first kappa shape index (κ1) is 18.8. The molecule has 0 aromatic rings. The predicted molar refractivity (Wildman–Crippen MR) is 84.8 cm³/mol. The minimum atomic E-state index is -0.529. The van der Waals surface area contributed by atoms with Crippen molar-refractivity contribution in [3.05, 3.63) is 43.0 Å². The second-order valence-corrected chi connectivity index (χ2v) is 8.54. The van der Waals surface area contributed by atoms with E-state index in [-0.39, 0.29) is 0 Å². The Labute approximate surface area is 132 Å². The van der Waals surface area contributed by atoms with E-state index in [1.807, 2.05) is 0 Å². The normalized spacial score (nSPS) is 13.7. The van der Waals surface area contributed by atoms with Gasteiger partial charge < -0.3 is 0 Å². The molecule has 0 saturated heterocycles. The van der Waals surface area contributed by atoms with E-state index < -0.39 is 23.2 Å². The van der Waals surface area contributed by atoms with Gasteiger partial charge in [0.05, 0.1) is 0 Å². The van der Waals surface area contributed by atoms with Crippen LogP contribution >= 0.6 is 0 Å². The molecular weight excluding hydrogens is 307 g/mol. The summed E-state index contributed by atoms with van der Waals surface area (Å²) >= 11 is -0.529. The SMILES string of the molecule is CC=CC=[C](CCCC)[Zr][C](=CC=CC)CCCC. The summed E-state index contributed by atoms with van der Waals surface area (Å²) in [6, 6.07) is 0. The Bertz CT molecular complexity index is 287. The molecule has 0 bridgehead atoms. The number of rotatable bonds is 10. The van der Waals surface area contributed by atoms with Crippen molar-refractivity contribution in [3.63, 3.8) is 0 Å². The average Bonchev–Trinajstić information content (AvgIpc) is 2.44. The fourth-order valence-electron chi connectivity index (χ4n) is 1.74. The topological polar surface area (TPSA) is 0 Å². The van der Waals surface area contributed by atoms with Gasteiger partial charge in [0.25, 0.3) is 0 Å². The Balaban J connectivity index is 4.70. The van der Waals surface area contributed by atoms with Crippen LogP contribution < -0.4 is 0 Å². The first-order valence-corrected chi connectivity index (χ1v) is 10.1. The van der Waals surface area contributed by atoms with Gasteiger partial charge in [0.2, 0.25) is 0 Å². The summed E-state index contributed by atoms with van der Waals surface area (Å²) in [6.07, 6.45) is 21.4. The van der Waals surface area contributed by atoms with Crippen molar-refractivity contribution in [1.29, 1.82) is 0 Å². The summed E-state index contributed by atoms with van der Waals surface area (Å²) in [4.78, 5) is 0. The first-order chi connectivity index (χ1) is 9.28. The molecule has 0 saturated carbocycles. The van der Waals surface area contributed by atoms with Gasteiger partial charge in [0.1, 0.15) is 0 Å². The van der Waals surface area contributed by atoms with Crippen LogP contribution in [0.4, 0.5) is 0 Å². The molecule has 0 aliphatic rings. The Hall–Kier alpha value is -0.157. The molecule has 0 spiro atoms. The van der Waals surface area contributed by atoms with Gasteiger partial charge in [0.15, 0.2) is 0 Å². The van der Waals surface area contributed by atoms with Gasteiger partial charge in [-0.3, -0.25) is 0 Å². The molecular formula is C18H30Zr. The van der Waals surface area contributed by atoms with Crippen molar-refractivity contribution in [2.24, 2.45) is 0 Å². The maximum absolute atomic E-state index is 2.39. The summed E-state index contributed by atoms with van der Waals surface area (Å²) in [5.41, 5.74) is 0. The summed E-state index contributed by atoms with van der Waals surface area (Å²) in [5.74, 6) is 0. The summed E-state index contributed by atoms with van der Waals surface area (Å²) in [6.45, 7) is 8.78. The quantitative estimate of drug-likeness (QED) is 0.406. The van der Waals surface area contributed by atoms with E-state index >= 15 is 0 Å². The van der Waals surface area contributed by atoms with Crippen LogP contribution in [0.15, 0.2) is 43.0 Å². The first-order valence-electron chi connectivity index (χ1n) is 7.69. The molecule has 0 N–H and O–H groups in total. The van der Waals surface area contributed by atoms with E-state index in [4.69, 9.17) is 0 Å². The molecule has 0 radical (unpaired) electrons. The van der Waals surface area contributed by atoms with E-state index in [0.717, 1.165) is 0 Å². The third kappa shape index (κ3) is 11.4. The van der Waals surface area contributed by atoms with Crippen molar-refractivity contribution in [3.8, 4) is 0 Å². The molecule has 1 heteroatoms. The van der Waals surface area contributed by atoms with E-state index in [1.165, 1.54) is 38.5 Å². The summed E-state index contributed by atoms with van der Waals surface area (Å²) in [5, 5.41) is 0. The number of hydrogen-bond acceptors (Lipinski definition) is 0. The van der Waals surface area contributed by atoms with E-state index in [0.29, 0.717) is 0 Å². The van der Waals surface area contributed by atoms with Crippen LogP contribution in [0.3, 0.4) is 0 Å². The molecule has 0 atom stereocenters. The van der Waals surface area contributed by atoms with Gasteiger partial charge in [-0.05, 0) is 0 Å². The average molecular weight is 338 g/mol. The molecule has 19 heavy (non-hydrogen) atoms. The molecule has 0 heterocycles. The molecule has 0 aliphatic carbocycles. The van der Waals surface area contributed by atoms with Gasteiger partial charge >= 0.3 is 132 Å². The van der Waals surface area contributed by atoms with E-state index in [2.05, 4.69) is 64.2 Å². The Kier molecular flexibility index (Phi) is 14.1. The van der Waals surface area contributed by atoms with Gasteiger partial charge in [0, 0.05) is 0 Å². The fourth-order valence-corrected chi connectivity index (χ4v) is 5.12. The van der Waals surface area contributed by atoms with E-state index in [9.17, 15) is 0 Å². The van der Waals surface area contributed by atoms with Gasteiger partial charge in [-0.15, -0.1) is 0 Å². The van der Waals surface area contributed by atoms with Crippen LogP contribution in [0.25, 0.3) is 0 Å². The summed E-state index contributed by atoms with van der Waals surface area (Å²) in [7, 11) is 0. The van der Waals surface area contributed by atoms with Crippen LogP contribution in [0.1, 0.15) is 66.2 Å². The number of hydrogen-bond donors (Lipinski definition) is 0. The molecule has 0 fully saturated rings. The van der Waals surface area contributed by atoms with Gasteiger partial charge in [-0.25, -0.2) is 0 Å². The predicted octanol–water partition coefficient (Wildman–Crippen LogP) is 6.37. The Morgan fingerprint density at radius 2 is 1.21 bits per heavy atom. The molecule has 0 amide bonds. The van der Waals surface area contributed by atoms with Gasteiger partial charge in [-0.2, -0.15) is 0 Å². The molecule has 0 unspecified atom stereocenters. The zero-order valence-electron chi connectivity index (χ0n) is 13.2. The number of allylic oxidation sites excluding steroid dienone is 8. The molecule has 106 valence electrons. The maximum atomic E-state index is 2.39. The van der Waals surface area contributed by atoms with Crippen LogP contribution in [-0.4, -0.2) is 0 Å². The second-order valence-electron chi connectivity index (χ2n) is 4.77. The molecule has 0 aromatic carbocycles.